The number of amides is 1. The summed E-state index contributed by atoms with van der Waals surface area (Å²) in [5.41, 5.74) is 1.42. The van der Waals surface area contributed by atoms with Gasteiger partial charge in [0.1, 0.15) is 5.60 Å². The van der Waals surface area contributed by atoms with Crippen molar-refractivity contribution in [3.8, 4) is 0 Å². The Labute approximate surface area is 108 Å². The van der Waals surface area contributed by atoms with Crippen LogP contribution in [0.3, 0.4) is 0 Å². The third kappa shape index (κ3) is 5.68. The number of anilines is 1. The second kappa shape index (κ2) is 6.40. The van der Waals surface area contributed by atoms with Gasteiger partial charge in [-0.25, -0.2) is 4.79 Å². The van der Waals surface area contributed by atoms with Crippen LogP contribution in [0.15, 0.2) is 24.3 Å². The molecule has 18 heavy (non-hydrogen) atoms. The lowest BCUT2D eigenvalue weighted by atomic mass is 10.1. The second-order valence-corrected chi connectivity index (χ2v) is 5.07. The maximum atomic E-state index is 11.5. The van der Waals surface area contributed by atoms with E-state index in [-0.39, 0.29) is 0 Å². The van der Waals surface area contributed by atoms with Crippen molar-refractivity contribution in [1.82, 2.24) is 0 Å². The first kappa shape index (κ1) is 14.5. The molecule has 0 radical (unpaired) electrons. The Morgan fingerprint density at radius 2 is 1.83 bits per heavy atom. The summed E-state index contributed by atoms with van der Waals surface area (Å²) in [6.07, 6.45) is 0.426. The van der Waals surface area contributed by atoms with Crippen molar-refractivity contribution in [2.24, 2.45) is 0 Å². The van der Waals surface area contributed by atoms with Crippen LogP contribution >= 0.6 is 0 Å². The van der Waals surface area contributed by atoms with Crippen LogP contribution in [0.2, 0.25) is 0 Å². The van der Waals surface area contributed by atoms with Crippen LogP contribution in [0, 0.1) is 0 Å². The summed E-state index contributed by atoms with van der Waals surface area (Å²) in [6.45, 7) is 6.19. The molecule has 0 aliphatic heterocycles. The molecule has 0 bridgehead atoms. The fraction of sp³-hybridized carbons (Fsp3) is 0.500. The Balaban J connectivity index is 2.50. The van der Waals surface area contributed by atoms with Crippen LogP contribution < -0.4 is 5.32 Å². The SMILES string of the molecule is COCCc1ccc(NC(=O)OC(C)(C)C)cc1. The molecule has 0 aliphatic carbocycles. The predicted octanol–water partition coefficient (Wildman–Crippen LogP) is 3.22. The molecule has 1 amide bonds. The van der Waals surface area contributed by atoms with Gasteiger partial charge in [-0.15, -0.1) is 0 Å². The van der Waals surface area contributed by atoms with Crippen molar-refractivity contribution < 1.29 is 14.3 Å². The quantitative estimate of drug-likeness (QED) is 0.893. The standard InChI is InChI=1S/C14H21NO3/c1-14(2,3)18-13(16)15-12-7-5-11(6-8-12)9-10-17-4/h5-8H,9-10H2,1-4H3,(H,15,16). The molecule has 0 aliphatic rings. The van der Waals surface area contributed by atoms with Gasteiger partial charge in [0.25, 0.3) is 0 Å². The van der Waals surface area contributed by atoms with Gasteiger partial charge in [-0.2, -0.15) is 0 Å². The molecule has 0 unspecified atom stereocenters. The molecular weight excluding hydrogens is 230 g/mol. The first-order valence-electron chi connectivity index (χ1n) is 5.98. The molecular formula is C14H21NO3. The highest BCUT2D eigenvalue weighted by molar-refractivity contribution is 5.84. The van der Waals surface area contributed by atoms with Gasteiger partial charge in [-0.1, -0.05) is 12.1 Å². The van der Waals surface area contributed by atoms with Crippen LogP contribution in [0.5, 0.6) is 0 Å². The molecule has 0 atom stereocenters. The van der Waals surface area contributed by atoms with Gasteiger partial charge < -0.3 is 9.47 Å². The average molecular weight is 251 g/mol. The molecule has 0 spiro atoms. The van der Waals surface area contributed by atoms with Crippen LogP contribution in [-0.2, 0) is 15.9 Å². The summed E-state index contributed by atoms with van der Waals surface area (Å²) >= 11 is 0. The Bertz CT molecular complexity index is 379. The number of hydrogen-bond acceptors (Lipinski definition) is 3. The van der Waals surface area contributed by atoms with E-state index in [9.17, 15) is 4.79 Å². The molecule has 1 aromatic carbocycles. The number of carbonyl (C=O) groups is 1. The van der Waals surface area contributed by atoms with Gasteiger partial charge in [0.15, 0.2) is 0 Å². The fourth-order valence-electron chi connectivity index (χ4n) is 1.40. The molecule has 0 aromatic heterocycles. The van der Waals surface area contributed by atoms with E-state index in [1.54, 1.807) is 7.11 Å². The Hall–Kier alpha value is -1.55. The third-order valence-electron chi connectivity index (χ3n) is 2.19. The molecule has 4 nitrogen and oxygen atoms in total. The number of hydrogen-bond donors (Lipinski definition) is 1. The van der Waals surface area contributed by atoms with Crippen LogP contribution in [0.4, 0.5) is 10.5 Å². The minimum Gasteiger partial charge on any atom is -0.444 e. The zero-order valence-corrected chi connectivity index (χ0v) is 11.4. The van der Waals surface area contributed by atoms with Gasteiger partial charge in [0.2, 0.25) is 0 Å². The summed E-state index contributed by atoms with van der Waals surface area (Å²) in [6, 6.07) is 7.64. The van der Waals surface area contributed by atoms with Crippen molar-refractivity contribution in [3.63, 3.8) is 0 Å². The molecule has 1 aromatic rings. The molecule has 1 N–H and O–H groups in total. The van der Waals surface area contributed by atoms with Gasteiger partial charge in [-0.05, 0) is 44.9 Å². The van der Waals surface area contributed by atoms with Crippen molar-refractivity contribution in [2.45, 2.75) is 32.8 Å². The molecule has 1 rings (SSSR count). The number of ether oxygens (including phenoxy) is 2. The summed E-state index contributed by atoms with van der Waals surface area (Å²) in [7, 11) is 1.68. The van der Waals surface area contributed by atoms with E-state index in [1.807, 2.05) is 45.0 Å². The summed E-state index contributed by atoms with van der Waals surface area (Å²) in [5.74, 6) is 0. The Kier molecular flexibility index (Phi) is 5.16. The molecule has 0 fully saturated rings. The first-order valence-corrected chi connectivity index (χ1v) is 5.98. The summed E-state index contributed by atoms with van der Waals surface area (Å²) < 4.78 is 10.2. The van der Waals surface area contributed by atoms with Crippen molar-refractivity contribution >= 4 is 11.8 Å². The zero-order valence-electron chi connectivity index (χ0n) is 11.4. The van der Waals surface area contributed by atoms with E-state index in [2.05, 4.69) is 5.32 Å². The van der Waals surface area contributed by atoms with E-state index in [1.165, 1.54) is 5.56 Å². The largest absolute Gasteiger partial charge is 0.444 e. The Morgan fingerprint density at radius 3 is 2.33 bits per heavy atom. The van der Waals surface area contributed by atoms with E-state index < -0.39 is 11.7 Å². The maximum Gasteiger partial charge on any atom is 0.412 e. The molecule has 0 saturated carbocycles. The van der Waals surface area contributed by atoms with Crippen LogP contribution in [-0.4, -0.2) is 25.4 Å². The smallest absolute Gasteiger partial charge is 0.412 e. The van der Waals surface area contributed by atoms with E-state index in [0.29, 0.717) is 6.61 Å². The highest BCUT2D eigenvalue weighted by Crippen LogP contribution is 2.13. The lowest BCUT2D eigenvalue weighted by Crippen LogP contribution is -2.27. The molecule has 4 heteroatoms. The zero-order chi connectivity index (χ0) is 13.6. The normalized spacial score (nSPS) is 11.1. The predicted molar refractivity (Wildman–Crippen MR) is 71.9 cm³/mol. The van der Waals surface area contributed by atoms with Crippen LogP contribution in [0.1, 0.15) is 26.3 Å². The average Bonchev–Trinajstić information content (AvgIpc) is 2.25. The van der Waals surface area contributed by atoms with E-state index in [4.69, 9.17) is 9.47 Å². The van der Waals surface area contributed by atoms with E-state index in [0.717, 1.165) is 12.1 Å². The Morgan fingerprint density at radius 1 is 1.22 bits per heavy atom. The van der Waals surface area contributed by atoms with Gasteiger partial charge in [-0.3, -0.25) is 5.32 Å². The van der Waals surface area contributed by atoms with E-state index >= 15 is 0 Å². The summed E-state index contributed by atoms with van der Waals surface area (Å²) in [4.78, 5) is 11.5. The topological polar surface area (TPSA) is 47.6 Å². The first-order chi connectivity index (χ1) is 8.40. The fourth-order valence-corrected chi connectivity index (χ4v) is 1.40. The van der Waals surface area contributed by atoms with Crippen molar-refractivity contribution in [1.29, 1.82) is 0 Å². The molecule has 0 saturated heterocycles. The number of methoxy groups -OCH3 is 1. The highest BCUT2D eigenvalue weighted by Gasteiger charge is 2.15. The van der Waals surface area contributed by atoms with Gasteiger partial charge >= 0.3 is 6.09 Å². The molecule has 100 valence electrons. The van der Waals surface area contributed by atoms with Crippen molar-refractivity contribution in [3.05, 3.63) is 29.8 Å². The third-order valence-corrected chi connectivity index (χ3v) is 2.19. The molecule has 0 heterocycles. The monoisotopic (exact) mass is 251 g/mol. The number of benzene rings is 1. The number of nitrogens with one attached hydrogen (secondary N) is 1. The van der Waals surface area contributed by atoms with Gasteiger partial charge in [0, 0.05) is 12.8 Å². The number of carbonyl (C=O) groups excluding carboxylic acids is 1. The maximum absolute atomic E-state index is 11.5. The summed E-state index contributed by atoms with van der Waals surface area (Å²) in [5, 5.41) is 2.69. The van der Waals surface area contributed by atoms with Crippen molar-refractivity contribution in [2.75, 3.05) is 19.0 Å². The minimum absolute atomic E-state index is 0.438. The van der Waals surface area contributed by atoms with Gasteiger partial charge in [0.05, 0.1) is 6.61 Å². The minimum atomic E-state index is -0.484. The number of rotatable bonds is 4. The highest BCUT2D eigenvalue weighted by atomic mass is 16.6. The second-order valence-electron chi connectivity index (χ2n) is 5.07. The lowest BCUT2D eigenvalue weighted by Gasteiger charge is -2.19. The lowest BCUT2D eigenvalue weighted by molar-refractivity contribution is 0.0636. The van der Waals surface area contributed by atoms with Crippen LogP contribution in [0.25, 0.3) is 0 Å².